The fraction of sp³-hybridized carbons (Fsp3) is 0.600. The molecule has 6 heteroatoms. The molecule has 0 radical (unpaired) electrons. The molecule has 16 heavy (non-hydrogen) atoms. The number of nitrogens with one attached hydrogen (secondary N) is 2. The first-order chi connectivity index (χ1) is 7.83. The largest absolute Gasteiger partial charge is 0.383 e. The fourth-order valence-corrected chi connectivity index (χ4v) is 1.68. The Hall–Kier alpha value is -0.980. The van der Waals surface area contributed by atoms with Gasteiger partial charge in [-0.1, -0.05) is 0 Å². The summed E-state index contributed by atoms with van der Waals surface area (Å²) in [4.78, 5) is 15.4. The Labute approximate surface area is 99.2 Å². The maximum absolute atomic E-state index is 11.3. The molecule has 1 amide bonds. The molecule has 0 spiro atoms. The summed E-state index contributed by atoms with van der Waals surface area (Å²) in [6.45, 7) is 2.50. The number of thiazole rings is 1. The Morgan fingerprint density at radius 3 is 3.12 bits per heavy atom. The molecule has 0 unspecified atom stereocenters. The molecule has 5 nitrogen and oxygen atoms in total. The summed E-state index contributed by atoms with van der Waals surface area (Å²) in [5.74, 6) is 0.0443. The van der Waals surface area contributed by atoms with Crippen LogP contribution in [0.5, 0.6) is 0 Å². The number of hydrogen-bond donors (Lipinski definition) is 2. The number of carbonyl (C=O) groups is 1. The number of hydrogen-bond acceptors (Lipinski definition) is 5. The van der Waals surface area contributed by atoms with Crippen molar-refractivity contribution in [2.75, 3.05) is 26.8 Å². The van der Waals surface area contributed by atoms with Crippen molar-refractivity contribution >= 4 is 17.2 Å². The van der Waals surface area contributed by atoms with Gasteiger partial charge in [-0.3, -0.25) is 4.79 Å². The molecule has 0 saturated heterocycles. The number of aromatic nitrogens is 1. The van der Waals surface area contributed by atoms with Gasteiger partial charge in [-0.2, -0.15) is 0 Å². The lowest BCUT2D eigenvalue weighted by Gasteiger charge is -2.04. The topological polar surface area (TPSA) is 63.2 Å². The van der Waals surface area contributed by atoms with E-state index < -0.39 is 0 Å². The van der Waals surface area contributed by atoms with Gasteiger partial charge in [-0.15, -0.1) is 11.3 Å². The Morgan fingerprint density at radius 2 is 2.44 bits per heavy atom. The van der Waals surface area contributed by atoms with E-state index in [0.29, 0.717) is 26.1 Å². The third kappa shape index (κ3) is 5.79. The Bertz CT molecular complexity index is 290. The molecule has 0 bridgehead atoms. The van der Waals surface area contributed by atoms with Crippen molar-refractivity contribution in [3.05, 3.63) is 16.6 Å². The second-order valence-corrected chi connectivity index (χ2v) is 3.97. The number of methoxy groups -OCH3 is 1. The van der Waals surface area contributed by atoms with E-state index in [9.17, 15) is 4.79 Å². The number of ether oxygens (including phenoxy) is 1. The summed E-state index contributed by atoms with van der Waals surface area (Å²) in [5.41, 5.74) is 2.82. The molecular formula is C10H17N3O2S. The summed E-state index contributed by atoms with van der Waals surface area (Å²) < 4.78 is 4.83. The SMILES string of the molecule is COCCNC(=O)CCNCc1cscn1. The maximum Gasteiger partial charge on any atom is 0.221 e. The van der Waals surface area contributed by atoms with Crippen molar-refractivity contribution in [1.29, 1.82) is 0 Å². The molecule has 1 aromatic heterocycles. The van der Waals surface area contributed by atoms with E-state index in [4.69, 9.17) is 4.74 Å². The minimum atomic E-state index is 0.0443. The van der Waals surface area contributed by atoms with Gasteiger partial charge >= 0.3 is 0 Å². The van der Waals surface area contributed by atoms with Crippen LogP contribution in [-0.2, 0) is 16.1 Å². The van der Waals surface area contributed by atoms with Crippen molar-refractivity contribution in [2.24, 2.45) is 0 Å². The molecular weight excluding hydrogens is 226 g/mol. The molecule has 0 aliphatic rings. The van der Waals surface area contributed by atoms with E-state index in [2.05, 4.69) is 15.6 Å². The van der Waals surface area contributed by atoms with Gasteiger partial charge in [-0.25, -0.2) is 4.98 Å². The predicted octanol–water partition coefficient (Wildman–Crippen LogP) is 0.385. The standard InChI is InChI=1S/C10H17N3O2S/c1-15-5-4-12-10(14)2-3-11-6-9-7-16-8-13-9/h7-8,11H,2-6H2,1H3,(H,12,14). The first-order valence-electron chi connectivity index (χ1n) is 5.16. The van der Waals surface area contributed by atoms with E-state index in [1.165, 1.54) is 0 Å². The Morgan fingerprint density at radius 1 is 1.56 bits per heavy atom. The summed E-state index contributed by atoms with van der Waals surface area (Å²) in [6.07, 6.45) is 0.480. The second-order valence-electron chi connectivity index (χ2n) is 3.25. The normalized spacial score (nSPS) is 10.3. The van der Waals surface area contributed by atoms with Crippen LogP contribution in [0, 0.1) is 0 Å². The summed E-state index contributed by atoms with van der Waals surface area (Å²) in [7, 11) is 1.61. The summed E-state index contributed by atoms with van der Waals surface area (Å²) in [6, 6.07) is 0. The van der Waals surface area contributed by atoms with Crippen molar-refractivity contribution in [3.8, 4) is 0 Å². The van der Waals surface area contributed by atoms with Crippen molar-refractivity contribution in [2.45, 2.75) is 13.0 Å². The average Bonchev–Trinajstić information content (AvgIpc) is 2.78. The van der Waals surface area contributed by atoms with Crippen LogP contribution in [-0.4, -0.2) is 37.7 Å². The lowest BCUT2D eigenvalue weighted by molar-refractivity contribution is -0.121. The van der Waals surface area contributed by atoms with Gasteiger partial charge in [-0.05, 0) is 0 Å². The molecule has 1 rings (SSSR count). The zero-order valence-electron chi connectivity index (χ0n) is 9.36. The maximum atomic E-state index is 11.3. The van der Waals surface area contributed by atoms with Crippen LogP contribution < -0.4 is 10.6 Å². The highest BCUT2D eigenvalue weighted by molar-refractivity contribution is 7.07. The minimum absolute atomic E-state index is 0.0443. The van der Waals surface area contributed by atoms with Crippen LogP contribution in [0.25, 0.3) is 0 Å². The predicted molar refractivity (Wildman–Crippen MR) is 63.3 cm³/mol. The van der Waals surface area contributed by atoms with Crippen LogP contribution in [0.15, 0.2) is 10.9 Å². The van der Waals surface area contributed by atoms with E-state index in [-0.39, 0.29) is 5.91 Å². The Kier molecular flexibility index (Phi) is 6.71. The van der Waals surface area contributed by atoms with Gasteiger partial charge in [0.25, 0.3) is 0 Å². The molecule has 0 atom stereocenters. The summed E-state index contributed by atoms with van der Waals surface area (Å²) in [5, 5.41) is 7.91. The van der Waals surface area contributed by atoms with Crippen molar-refractivity contribution < 1.29 is 9.53 Å². The molecule has 0 aromatic carbocycles. The van der Waals surface area contributed by atoms with Crippen LogP contribution in [0.1, 0.15) is 12.1 Å². The Balaban J connectivity index is 1.96. The number of amides is 1. The van der Waals surface area contributed by atoms with Crippen LogP contribution in [0.2, 0.25) is 0 Å². The van der Waals surface area contributed by atoms with Gasteiger partial charge in [0.2, 0.25) is 5.91 Å². The van der Waals surface area contributed by atoms with E-state index in [1.807, 2.05) is 5.38 Å². The molecule has 2 N–H and O–H groups in total. The quantitative estimate of drug-likeness (QED) is 0.648. The van der Waals surface area contributed by atoms with Crippen molar-refractivity contribution in [3.63, 3.8) is 0 Å². The van der Waals surface area contributed by atoms with Crippen LogP contribution >= 0.6 is 11.3 Å². The monoisotopic (exact) mass is 243 g/mol. The zero-order chi connectivity index (χ0) is 11.6. The first-order valence-corrected chi connectivity index (χ1v) is 6.10. The van der Waals surface area contributed by atoms with Crippen molar-refractivity contribution in [1.82, 2.24) is 15.6 Å². The highest BCUT2D eigenvalue weighted by Gasteiger charge is 2.00. The molecule has 90 valence electrons. The minimum Gasteiger partial charge on any atom is -0.383 e. The van der Waals surface area contributed by atoms with E-state index in [0.717, 1.165) is 12.2 Å². The van der Waals surface area contributed by atoms with Crippen LogP contribution in [0.4, 0.5) is 0 Å². The molecule has 0 fully saturated rings. The average molecular weight is 243 g/mol. The molecule has 0 saturated carbocycles. The number of nitrogens with zero attached hydrogens (tertiary/aromatic N) is 1. The highest BCUT2D eigenvalue weighted by Crippen LogP contribution is 1.99. The number of rotatable bonds is 8. The van der Waals surface area contributed by atoms with Gasteiger partial charge < -0.3 is 15.4 Å². The van der Waals surface area contributed by atoms with Gasteiger partial charge in [0.1, 0.15) is 0 Å². The summed E-state index contributed by atoms with van der Waals surface area (Å²) >= 11 is 1.57. The van der Waals surface area contributed by atoms with Gasteiger partial charge in [0.15, 0.2) is 0 Å². The smallest absolute Gasteiger partial charge is 0.221 e. The van der Waals surface area contributed by atoms with Gasteiger partial charge in [0, 0.05) is 38.5 Å². The lowest BCUT2D eigenvalue weighted by Crippen LogP contribution is -2.29. The first kappa shape index (κ1) is 13.1. The fourth-order valence-electron chi connectivity index (χ4n) is 1.12. The van der Waals surface area contributed by atoms with Gasteiger partial charge in [0.05, 0.1) is 17.8 Å². The third-order valence-electron chi connectivity index (χ3n) is 1.95. The van der Waals surface area contributed by atoms with E-state index in [1.54, 1.807) is 24.0 Å². The molecule has 0 aliphatic carbocycles. The number of carbonyl (C=O) groups excluding carboxylic acids is 1. The molecule has 1 aromatic rings. The lowest BCUT2D eigenvalue weighted by atomic mass is 10.4. The zero-order valence-corrected chi connectivity index (χ0v) is 10.2. The molecule has 1 heterocycles. The second kappa shape index (κ2) is 8.20. The molecule has 0 aliphatic heterocycles. The highest BCUT2D eigenvalue weighted by atomic mass is 32.1. The van der Waals surface area contributed by atoms with E-state index >= 15 is 0 Å². The van der Waals surface area contributed by atoms with Crippen LogP contribution in [0.3, 0.4) is 0 Å². The third-order valence-corrected chi connectivity index (χ3v) is 2.58.